The first kappa shape index (κ1) is 26.9. The molecule has 3 fully saturated rings. The fourth-order valence-electron chi connectivity index (χ4n) is 5.69. The van der Waals surface area contributed by atoms with E-state index in [1.165, 1.54) is 0 Å². The molecule has 0 unspecified atom stereocenters. The average molecular weight is 513 g/mol. The van der Waals surface area contributed by atoms with Crippen molar-refractivity contribution in [3.8, 4) is 0 Å². The van der Waals surface area contributed by atoms with Crippen molar-refractivity contribution < 1.29 is 19.1 Å². The quantitative estimate of drug-likeness (QED) is 0.251. The number of likely N-dealkylation sites (tertiary alicyclic amines) is 2. The molecule has 0 atom stereocenters. The molecule has 0 aromatic heterocycles. The first-order valence-corrected chi connectivity index (χ1v) is 13.5. The van der Waals surface area contributed by atoms with E-state index in [2.05, 4.69) is 15.7 Å². The van der Waals surface area contributed by atoms with Gasteiger partial charge in [-0.25, -0.2) is 4.79 Å². The van der Waals surface area contributed by atoms with Crippen LogP contribution in [0.5, 0.6) is 0 Å². The Kier molecular flexibility index (Phi) is 9.76. The normalized spacial score (nSPS) is 20.4. The summed E-state index contributed by atoms with van der Waals surface area (Å²) < 4.78 is 5.48. The van der Waals surface area contributed by atoms with Crippen LogP contribution in [0.2, 0.25) is 0 Å². The topological polar surface area (TPSA) is 107 Å². The molecular weight excluding hydrogens is 472 g/mol. The van der Waals surface area contributed by atoms with Gasteiger partial charge in [0.15, 0.2) is 5.84 Å². The van der Waals surface area contributed by atoms with Crippen LogP contribution < -0.4 is 10.6 Å². The molecule has 4 amide bonds. The molecule has 202 valence electrons. The van der Waals surface area contributed by atoms with Crippen LogP contribution in [-0.4, -0.2) is 98.0 Å². The maximum Gasteiger partial charge on any atom is 0.317 e. The van der Waals surface area contributed by atoms with Gasteiger partial charge in [0, 0.05) is 52.0 Å². The van der Waals surface area contributed by atoms with Crippen LogP contribution in [0.1, 0.15) is 44.1 Å². The van der Waals surface area contributed by atoms with Crippen LogP contribution in [0.4, 0.5) is 4.79 Å². The number of amidine groups is 1. The van der Waals surface area contributed by atoms with E-state index in [9.17, 15) is 14.4 Å². The summed E-state index contributed by atoms with van der Waals surface area (Å²) in [6, 6.07) is 9.45. The van der Waals surface area contributed by atoms with Crippen molar-refractivity contribution in [3.63, 3.8) is 0 Å². The van der Waals surface area contributed by atoms with Gasteiger partial charge in [-0.3, -0.25) is 14.6 Å². The third-order valence-corrected chi connectivity index (χ3v) is 8.00. The number of rotatable bonds is 7. The monoisotopic (exact) mass is 512 g/mol. The Morgan fingerprint density at radius 1 is 0.973 bits per heavy atom. The summed E-state index contributed by atoms with van der Waals surface area (Å²) in [6.45, 7) is 4.50. The van der Waals surface area contributed by atoms with Crippen LogP contribution in [0.25, 0.3) is 0 Å². The highest BCUT2D eigenvalue weighted by Crippen LogP contribution is 2.31. The van der Waals surface area contributed by atoms with E-state index in [1.54, 1.807) is 4.90 Å². The lowest BCUT2D eigenvalue weighted by molar-refractivity contribution is -0.132. The number of nitrogens with one attached hydrogen (secondary N) is 2. The van der Waals surface area contributed by atoms with E-state index in [-0.39, 0.29) is 24.5 Å². The van der Waals surface area contributed by atoms with Crippen LogP contribution in [0, 0.1) is 11.8 Å². The molecule has 10 nitrogen and oxygen atoms in total. The highest BCUT2D eigenvalue weighted by atomic mass is 16.5. The van der Waals surface area contributed by atoms with Crippen LogP contribution in [0.15, 0.2) is 35.4 Å². The number of piperidine rings is 2. The van der Waals surface area contributed by atoms with Gasteiger partial charge in [-0.1, -0.05) is 30.3 Å². The van der Waals surface area contributed by atoms with Crippen molar-refractivity contribution in [1.82, 2.24) is 25.4 Å². The number of ether oxygens (including phenoxy) is 1. The summed E-state index contributed by atoms with van der Waals surface area (Å²) in [4.78, 5) is 40.1. The van der Waals surface area contributed by atoms with Crippen LogP contribution >= 0.6 is 0 Å². The van der Waals surface area contributed by atoms with Gasteiger partial charge in [-0.05, 0) is 50.4 Å². The van der Waals surface area contributed by atoms with Gasteiger partial charge in [0.2, 0.25) is 12.3 Å². The van der Waals surface area contributed by atoms with Gasteiger partial charge in [0.25, 0.3) is 0 Å². The predicted molar refractivity (Wildman–Crippen MR) is 141 cm³/mol. The number of hydrogen-bond donors (Lipinski definition) is 2. The molecule has 1 aromatic carbocycles. The highest BCUT2D eigenvalue weighted by molar-refractivity contribution is 6.03. The standard InChI is InChI=1S/C27H40N6O4/c1-31(30-26(29-20-34)23-5-3-2-4-6-23)24-9-15-33(16-10-24)27(36)28-19-25(35)32-13-7-21(8-14-32)22-11-17-37-18-12-22/h2-6,20-22,24H,7-19H2,1H3,(H,28,36)(H,29,30,34). The molecule has 3 aliphatic heterocycles. The van der Waals surface area contributed by atoms with E-state index in [0.29, 0.717) is 31.3 Å². The molecular formula is C27H40N6O4. The molecule has 3 aliphatic rings. The van der Waals surface area contributed by atoms with E-state index >= 15 is 0 Å². The number of urea groups is 1. The Morgan fingerprint density at radius 2 is 1.59 bits per heavy atom. The number of nitrogens with zero attached hydrogens (tertiary/aromatic N) is 4. The zero-order valence-corrected chi connectivity index (χ0v) is 21.8. The smallest absolute Gasteiger partial charge is 0.317 e. The fraction of sp³-hybridized carbons (Fsp3) is 0.630. The Balaban J connectivity index is 1.18. The SMILES string of the molecule is CN(/N=C(\NC=O)c1ccccc1)C1CCN(C(=O)NCC(=O)N2CCC(C3CCOCC3)CC2)CC1. The summed E-state index contributed by atoms with van der Waals surface area (Å²) in [6.07, 6.45) is 6.50. The van der Waals surface area contributed by atoms with Crippen LogP contribution in [-0.2, 0) is 14.3 Å². The molecule has 2 N–H and O–H groups in total. The van der Waals surface area contributed by atoms with E-state index < -0.39 is 0 Å². The van der Waals surface area contributed by atoms with Crippen molar-refractivity contribution in [2.45, 2.75) is 44.6 Å². The zero-order valence-electron chi connectivity index (χ0n) is 21.8. The number of hydrazone groups is 1. The minimum Gasteiger partial charge on any atom is -0.381 e. The van der Waals surface area contributed by atoms with Gasteiger partial charge in [-0.15, -0.1) is 0 Å². The largest absolute Gasteiger partial charge is 0.381 e. The van der Waals surface area contributed by atoms with Gasteiger partial charge in [0.05, 0.1) is 12.6 Å². The summed E-state index contributed by atoms with van der Waals surface area (Å²) >= 11 is 0. The molecule has 0 spiro atoms. The minimum atomic E-state index is -0.192. The Morgan fingerprint density at radius 3 is 2.24 bits per heavy atom. The lowest BCUT2D eigenvalue weighted by Crippen LogP contribution is -2.51. The second-order valence-electron chi connectivity index (χ2n) is 10.2. The van der Waals surface area contributed by atoms with E-state index in [4.69, 9.17) is 4.74 Å². The second-order valence-corrected chi connectivity index (χ2v) is 10.2. The first-order chi connectivity index (χ1) is 18.0. The molecule has 3 saturated heterocycles. The van der Waals surface area contributed by atoms with E-state index in [0.717, 1.165) is 76.3 Å². The third kappa shape index (κ3) is 7.44. The van der Waals surface area contributed by atoms with E-state index in [1.807, 2.05) is 47.3 Å². The first-order valence-electron chi connectivity index (χ1n) is 13.5. The molecule has 0 aliphatic carbocycles. The lowest BCUT2D eigenvalue weighted by Gasteiger charge is -2.38. The fourth-order valence-corrected chi connectivity index (χ4v) is 5.69. The number of hydrogen-bond acceptors (Lipinski definition) is 6. The molecule has 1 aromatic rings. The molecule has 0 radical (unpaired) electrons. The van der Waals surface area contributed by atoms with Gasteiger partial charge in [0.1, 0.15) is 0 Å². The second kappa shape index (κ2) is 13.4. The summed E-state index contributed by atoms with van der Waals surface area (Å²) in [5.74, 6) is 1.90. The van der Waals surface area contributed by atoms with Crippen molar-refractivity contribution in [3.05, 3.63) is 35.9 Å². The summed E-state index contributed by atoms with van der Waals surface area (Å²) in [7, 11) is 1.89. The predicted octanol–water partition coefficient (Wildman–Crippen LogP) is 1.87. The number of carbonyl (C=O) groups excluding carboxylic acids is 3. The summed E-state index contributed by atoms with van der Waals surface area (Å²) in [5.41, 5.74) is 0.829. The maximum atomic E-state index is 12.7. The van der Waals surface area contributed by atoms with Gasteiger partial charge >= 0.3 is 6.03 Å². The number of carbonyl (C=O) groups is 3. The molecule has 10 heteroatoms. The van der Waals surface area contributed by atoms with Crippen LogP contribution in [0.3, 0.4) is 0 Å². The Bertz CT molecular complexity index is 920. The van der Waals surface area contributed by atoms with Crippen molar-refractivity contribution in [2.24, 2.45) is 16.9 Å². The Hall–Kier alpha value is -3.14. The molecule has 0 bridgehead atoms. The molecule has 4 rings (SSSR count). The zero-order chi connectivity index (χ0) is 26.0. The lowest BCUT2D eigenvalue weighted by atomic mass is 9.80. The minimum absolute atomic E-state index is 0.00106. The average Bonchev–Trinajstić information content (AvgIpc) is 2.96. The van der Waals surface area contributed by atoms with Crippen molar-refractivity contribution in [2.75, 3.05) is 53.0 Å². The number of amides is 4. The molecule has 37 heavy (non-hydrogen) atoms. The highest BCUT2D eigenvalue weighted by Gasteiger charge is 2.30. The Labute approximate surface area is 219 Å². The molecule has 0 saturated carbocycles. The third-order valence-electron chi connectivity index (χ3n) is 8.00. The van der Waals surface area contributed by atoms with Crippen molar-refractivity contribution in [1.29, 1.82) is 0 Å². The van der Waals surface area contributed by atoms with Gasteiger partial charge in [-0.2, -0.15) is 5.10 Å². The van der Waals surface area contributed by atoms with Gasteiger partial charge < -0.3 is 25.2 Å². The number of benzene rings is 1. The molecule has 3 heterocycles. The maximum absolute atomic E-state index is 12.7. The van der Waals surface area contributed by atoms with Crippen molar-refractivity contribution >= 4 is 24.2 Å². The summed E-state index contributed by atoms with van der Waals surface area (Å²) in [5, 5.41) is 12.0.